The SMILES string of the molecule is CCCn1nccc1C(NC)C1C2C3CCC(C3)C21. The first-order valence-corrected chi connectivity index (χ1v) is 8.04. The number of nitrogens with one attached hydrogen (secondary N) is 1. The number of hydrogen-bond donors (Lipinski definition) is 1. The average molecular weight is 259 g/mol. The fraction of sp³-hybridized carbons (Fsp3) is 0.812. The van der Waals surface area contributed by atoms with Crippen molar-refractivity contribution >= 4 is 0 Å². The smallest absolute Gasteiger partial charge is 0.0556 e. The Kier molecular flexibility index (Phi) is 2.73. The van der Waals surface area contributed by atoms with Crippen molar-refractivity contribution in [3.05, 3.63) is 18.0 Å². The maximum Gasteiger partial charge on any atom is 0.0556 e. The summed E-state index contributed by atoms with van der Waals surface area (Å²) >= 11 is 0. The van der Waals surface area contributed by atoms with Crippen molar-refractivity contribution in [1.29, 1.82) is 0 Å². The van der Waals surface area contributed by atoms with Crippen LogP contribution in [-0.4, -0.2) is 16.8 Å². The first-order chi connectivity index (χ1) is 9.35. The summed E-state index contributed by atoms with van der Waals surface area (Å²) in [6.07, 6.45) is 7.69. The summed E-state index contributed by atoms with van der Waals surface area (Å²) in [5.74, 6) is 5.06. The van der Waals surface area contributed by atoms with E-state index < -0.39 is 0 Å². The molecule has 3 aliphatic carbocycles. The Morgan fingerprint density at radius 2 is 2.11 bits per heavy atom. The van der Waals surface area contributed by atoms with Gasteiger partial charge in [-0.1, -0.05) is 6.92 Å². The average Bonchev–Trinajstić information content (AvgIpc) is 2.81. The molecule has 3 aliphatic rings. The van der Waals surface area contributed by atoms with Gasteiger partial charge in [0.1, 0.15) is 0 Å². The van der Waals surface area contributed by atoms with E-state index in [0.717, 1.165) is 42.6 Å². The molecule has 3 heteroatoms. The summed E-state index contributed by atoms with van der Waals surface area (Å²) in [6.45, 7) is 3.28. The number of aromatic nitrogens is 2. The Morgan fingerprint density at radius 1 is 1.37 bits per heavy atom. The number of rotatable bonds is 5. The molecule has 4 rings (SSSR count). The summed E-state index contributed by atoms with van der Waals surface area (Å²) in [7, 11) is 2.13. The summed E-state index contributed by atoms with van der Waals surface area (Å²) < 4.78 is 2.22. The highest BCUT2D eigenvalue weighted by Gasteiger charge is 2.66. The van der Waals surface area contributed by atoms with Crippen LogP contribution >= 0.6 is 0 Å². The predicted octanol–water partition coefficient (Wildman–Crippen LogP) is 2.85. The standard InChI is InChI=1S/C16H25N3/c1-3-8-19-12(6-7-18-19)16(17-2)15-13-10-4-5-11(9-10)14(13)15/h6-7,10-11,13-17H,3-5,8-9H2,1-2H3. The van der Waals surface area contributed by atoms with Crippen molar-refractivity contribution in [2.75, 3.05) is 7.05 Å². The van der Waals surface area contributed by atoms with Crippen molar-refractivity contribution in [3.8, 4) is 0 Å². The van der Waals surface area contributed by atoms with Gasteiger partial charge in [-0.25, -0.2) is 0 Å². The molecule has 3 saturated carbocycles. The van der Waals surface area contributed by atoms with E-state index in [2.05, 4.69) is 35.1 Å². The molecular weight excluding hydrogens is 234 g/mol. The molecule has 1 heterocycles. The van der Waals surface area contributed by atoms with Gasteiger partial charge in [0.15, 0.2) is 0 Å². The minimum atomic E-state index is 0.535. The third-order valence-electron chi connectivity index (χ3n) is 5.99. The number of fused-ring (bicyclic) bond motifs is 5. The van der Waals surface area contributed by atoms with Gasteiger partial charge in [0, 0.05) is 12.7 Å². The zero-order chi connectivity index (χ0) is 13.0. The van der Waals surface area contributed by atoms with Crippen LogP contribution in [0.25, 0.3) is 0 Å². The van der Waals surface area contributed by atoms with Crippen molar-refractivity contribution in [2.24, 2.45) is 29.6 Å². The molecule has 0 spiro atoms. The van der Waals surface area contributed by atoms with Crippen LogP contribution in [0.5, 0.6) is 0 Å². The maximum absolute atomic E-state index is 4.51. The van der Waals surface area contributed by atoms with Crippen LogP contribution in [-0.2, 0) is 6.54 Å². The highest BCUT2D eigenvalue weighted by molar-refractivity contribution is 5.21. The first kappa shape index (κ1) is 12.0. The van der Waals surface area contributed by atoms with Crippen molar-refractivity contribution in [3.63, 3.8) is 0 Å². The van der Waals surface area contributed by atoms with Crippen LogP contribution in [0.4, 0.5) is 0 Å². The Bertz CT molecular complexity index is 450. The van der Waals surface area contributed by atoms with E-state index in [4.69, 9.17) is 0 Å². The lowest BCUT2D eigenvalue weighted by molar-refractivity contribution is 0.366. The summed E-state index contributed by atoms with van der Waals surface area (Å²) in [5.41, 5.74) is 1.42. The third kappa shape index (κ3) is 1.63. The van der Waals surface area contributed by atoms with E-state index in [1.165, 1.54) is 25.0 Å². The van der Waals surface area contributed by atoms with Crippen LogP contribution < -0.4 is 5.32 Å². The zero-order valence-electron chi connectivity index (χ0n) is 12.0. The van der Waals surface area contributed by atoms with Gasteiger partial charge in [0.25, 0.3) is 0 Å². The molecule has 3 nitrogen and oxygen atoms in total. The molecule has 0 radical (unpaired) electrons. The van der Waals surface area contributed by atoms with Crippen molar-refractivity contribution < 1.29 is 0 Å². The number of nitrogens with zero attached hydrogens (tertiary/aromatic N) is 2. The van der Waals surface area contributed by atoms with E-state index >= 15 is 0 Å². The molecule has 0 aromatic carbocycles. The molecule has 1 aromatic heterocycles. The van der Waals surface area contributed by atoms with E-state index in [1.54, 1.807) is 0 Å². The molecule has 3 fully saturated rings. The molecule has 5 unspecified atom stereocenters. The van der Waals surface area contributed by atoms with E-state index in [1.807, 2.05) is 6.20 Å². The summed E-state index contributed by atoms with van der Waals surface area (Å²) in [6, 6.07) is 2.76. The summed E-state index contributed by atoms with van der Waals surface area (Å²) in [4.78, 5) is 0. The third-order valence-corrected chi connectivity index (χ3v) is 5.99. The van der Waals surface area contributed by atoms with Crippen LogP contribution in [0, 0.1) is 29.6 Å². The second kappa shape index (κ2) is 4.34. The van der Waals surface area contributed by atoms with Gasteiger partial charge in [-0.2, -0.15) is 5.10 Å². The number of hydrogen-bond acceptors (Lipinski definition) is 2. The van der Waals surface area contributed by atoms with Gasteiger partial charge < -0.3 is 5.32 Å². The van der Waals surface area contributed by atoms with Gasteiger partial charge in [0.2, 0.25) is 0 Å². The second-order valence-corrected chi connectivity index (χ2v) is 6.81. The molecule has 0 saturated heterocycles. The van der Waals surface area contributed by atoms with Gasteiger partial charge in [-0.15, -0.1) is 0 Å². The topological polar surface area (TPSA) is 29.9 Å². The Labute approximate surface area is 115 Å². The largest absolute Gasteiger partial charge is 0.311 e. The zero-order valence-corrected chi connectivity index (χ0v) is 12.0. The van der Waals surface area contributed by atoms with E-state index in [-0.39, 0.29) is 0 Å². The molecule has 19 heavy (non-hydrogen) atoms. The molecule has 2 bridgehead atoms. The predicted molar refractivity (Wildman–Crippen MR) is 75.6 cm³/mol. The van der Waals surface area contributed by atoms with Crippen molar-refractivity contribution in [1.82, 2.24) is 15.1 Å². The van der Waals surface area contributed by atoms with Gasteiger partial charge >= 0.3 is 0 Å². The lowest BCUT2D eigenvalue weighted by Crippen LogP contribution is -2.25. The van der Waals surface area contributed by atoms with Crippen LogP contribution in [0.1, 0.15) is 44.3 Å². The highest BCUT2D eigenvalue weighted by atomic mass is 15.3. The van der Waals surface area contributed by atoms with Crippen molar-refractivity contribution in [2.45, 2.75) is 45.2 Å². The monoisotopic (exact) mass is 259 g/mol. The first-order valence-electron chi connectivity index (χ1n) is 8.04. The minimum absolute atomic E-state index is 0.535. The molecule has 5 atom stereocenters. The second-order valence-electron chi connectivity index (χ2n) is 6.81. The molecule has 104 valence electrons. The summed E-state index contributed by atoms with van der Waals surface area (Å²) in [5, 5.41) is 8.11. The molecule has 1 aromatic rings. The van der Waals surface area contributed by atoms with Crippen LogP contribution in [0.2, 0.25) is 0 Å². The lowest BCUT2D eigenvalue weighted by atomic mass is 9.95. The van der Waals surface area contributed by atoms with Gasteiger partial charge in [0.05, 0.1) is 11.7 Å². The minimum Gasteiger partial charge on any atom is -0.311 e. The molecule has 0 amide bonds. The van der Waals surface area contributed by atoms with E-state index in [0.29, 0.717) is 6.04 Å². The Hall–Kier alpha value is -0.830. The van der Waals surface area contributed by atoms with E-state index in [9.17, 15) is 0 Å². The van der Waals surface area contributed by atoms with Crippen LogP contribution in [0.15, 0.2) is 12.3 Å². The Morgan fingerprint density at radius 3 is 2.74 bits per heavy atom. The fourth-order valence-corrected chi connectivity index (χ4v) is 5.38. The van der Waals surface area contributed by atoms with Gasteiger partial charge in [-0.3, -0.25) is 4.68 Å². The quantitative estimate of drug-likeness (QED) is 0.881. The molecule has 0 aliphatic heterocycles. The van der Waals surface area contributed by atoms with Crippen LogP contribution in [0.3, 0.4) is 0 Å². The van der Waals surface area contributed by atoms with Gasteiger partial charge in [-0.05, 0) is 68.4 Å². The highest BCUT2D eigenvalue weighted by Crippen LogP contribution is 2.72. The number of aryl methyl sites for hydroxylation is 1. The lowest BCUT2D eigenvalue weighted by Gasteiger charge is -2.21. The molecule has 1 N–H and O–H groups in total. The maximum atomic E-state index is 4.51. The Balaban J connectivity index is 1.57. The molecular formula is C16H25N3. The normalized spacial score (nSPS) is 40.4. The fourth-order valence-electron chi connectivity index (χ4n) is 5.38.